The van der Waals surface area contributed by atoms with Gasteiger partial charge in [-0.3, -0.25) is 4.79 Å². The molecule has 2 unspecified atom stereocenters. The van der Waals surface area contributed by atoms with Crippen molar-refractivity contribution in [1.82, 2.24) is 5.32 Å². The second-order valence-electron chi connectivity index (χ2n) is 5.52. The maximum Gasteiger partial charge on any atom is 0.237 e. The molecule has 0 spiro atoms. The van der Waals surface area contributed by atoms with Gasteiger partial charge in [-0.15, -0.1) is 0 Å². The highest BCUT2D eigenvalue weighted by atomic mass is 32.2. The number of thioether (sulfide) groups is 1. The van der Waals surface area contributed by atoms with Gasteiger partial charge in [0.25, 0.3) is 0 Å². The minimum absolute atomic E-state index is 0.0122. The Balaban J connectivity index is 2.53. The van der Waals surface area contributed by atoms with E-state index in [1.165, 1.54) is 6.42 Å². The first-order valence-electron chi connectivity index (χ1n) is 6.70. The molecule has 0 aromatic rings. The van der Waals surface area contributed by atoms with Crippen LogP contribution in [0.25, 0.3) is 0 Å². The van der Waals surface area contributed by atoms with Gasteiger partial charge in [-0.2, -0.15) is 11.8 Å². The summed E-state index contributed by atoms with van der Waals surface area (Å²) >= 11 is 1.69. The fourth-order valence-corrected chi connectivity index (χ4v) is 3.18. The molecule has 5 heteroatoms. The largest absolute Gasteiger partial charge is 0.394 e. The quantitative estimate of drug-likeness (QED) is 0.678. The van der Waals surface area contributed by atoms with Crippen molar-refractivity contribution in [3.63, 3.8) is 0 Å². The number of amides is 1. The average Bonchev–Trinajstić information content (AvgIpc) is 2.35. The van der Waals surface area contributed by atoms with Crippen LogP contribution in [-0.4, -0.2) is 41.2 Å². The van der Waals surface area contributed by atoms with Crippen LogP contribution in [0.5, 0.6) is 0 Å². The summed E-state index contributed by atoms with van der Waals surface area (Å²) in [7, 11) is 0. The van der Waals surface area contributed by atoms with E-state index in [1.54, 1.807) is 11.8 Å². The van der Waals surface area contributed by atoms with Crippen LogP contribution in [0.2, 0.25) is 0 Å². The van der Waals surface area contributed by atoms with Crippen molar-refractivity contribution in [2.24, 2.45) is 11.7 Å². The van der Waals surface area contributed by atoms with Gasteiger partial charge in [0, 0.05) is 0 Å². The lowest BCUT2D eigenvalue weighted by atomic mass is 9.76. The highest BCUT2D eigenvalue weighted by Gasteiger charge is 2.36. The summed E-state index contributed by atoms with van der Waals surface area (Å²) in [4.78, 5) is 12.0. The van der Waals surface area contributed by atoms with E-state index in [0.29, 0.717) is 12.3 Å². The highest BCUT2D eigenvalue weighted by molar-refractivity contribution is 7.98. The second-order valence-corrected chi connectivity index (χ2v) is 6.50. The summed E-state index contributed by atoms with van der Waals surface area (Å²) in [6.07, 6.45) is 6.63. The zero-order chi connectivity index (χ0) is 13.6. The summed E-state index contributed by atoms with van der Waals surface area (Å²) in [6, 6.07) is -0.460. The molecule has 1 aliphatic carbocycles. The van der Waals surface area contributed by atoms with Crippen LogP contribution in [0.4, 0.5) is 0 Å². The van der Waals surface area contributed by atoms with Gasteiger partial charge in [0.2, 0.25) is 5.91 Å². The first kappa shape index (κ1) is 15.8. The molecule has 1 aliphatic rings. The minimum atomic E-state index is -0.460. The molecule has 3 atom stereocenters. The van der Waals surface area contributed by atoms with E-state index in [2.05, 4.69) is 12.2 Å². The predicted molar refractivity (Wildman–Crippen MR) is 76.6 cm³/mol. The van der Waals surface area contributed by atoms with Crippen LogP contribution < -0.4 is 11.1 Å². The lowest BCUT2D eigenvalue weighted by Crippen LogP contribution is -2.57. The van der Waals surface area contributed by atoms with Crippen LogP contribution in [0.3, 0.4) is 0 Å². The van der Waals surface area contributed by atoms with Crippen molar-refractivity contribution < 1.29 is 9.90 Å². The van der Waals surface area contributed by atoms with Gasteiger partial charge in [-0.25, -0.2) is 0 Å². The third-order valence-electron chi connectivity index (χ3n) is 3.75. The molecule has 4 nitrogen and oxygen atoms in total. The topological polar surface area (TPSA) is 75.4 Å². The first-order valence-corrected chi connectivity index (χ1v) is 8.10. The normalized spacial score (nSPS) is 29.9. The van der Waals surface area contributed by atoms with Crippen molar-refractivity contribution in [2.75, 3.05) is 18.6 Å². The lowest BCUT2D eigenvalue weighted by molar-refractivity contribution is -0.125. The summed E-state index contributed by atoms with van der Waals surface area (Å²) < 4.78 is 0. The number of hydrogen-bond acceptors (Lipinski definition) is 4. The maximum atomic E-state index is 12.0. The average molecular weight is 274 g/mol. The maximum absolute atomic E-state index is 12.0. The Kier molecular flexibility index (Phi) is 6.46. The van der Waals surface area contributed by atoms with Crippen molar-refractivity contribution in [3.8, 4) is 0 Å². The van der Waals surface area contributed by atoms with E-state index in [0.717, 1.165) is 25.0 Å². The van der Waals surface area contributed by atoms with Crippen LogP contribution >= 0.6 is 11.8 Å². The van der Waals surface area contributed by atoms with E-state index in [4.69, 9.17) is 5.73 Å². The molecule has 106 valence electrons. The van der Waals surface area contributed by atoms with Crippen LogP contribution in [0, 0.1) is 5.92 Å². The third-order valence-corrected chi connectivity index (χ3v) is 4.40. The second kappa shape index (κ2) is 7.36. The number of rotatable bonds is 6. The number of carbonyl (C=O) groups is 1. The molecule has 18 heavy (non-hydrogen) atoms. The number of aliphatic hydroxyl groups is 1. The van der Waals surface area contributed by atoms with Crippen LogP contribution in [0.1, 0.15) is 39.0 Å². The van der Waals surface area contributed by atoms with Gasteiger partial charge in [0.15, 0.2) is 0 Å². The van der Waals surface area contributed by atoms with Crippen LogP contribution in [-0.2, 0) is 4.79 Å². The molecule has 0 radical (unpaired) electrons. The molecule has 0 aromatic carbocycles. The van der Waals surface area contributed by atoms with Crippen LogP contribution in [0.15, 0.2) is 0 Å². The van der Waals surface area contributed by atoms with E-state index in [9.17, 15) is 9.90 Å². The number of hydrogen-bond donors (Lipinski definition) is 3. The summed E-state index contributed by atoms with van der Waals surface area (Å²) in [5.74, 6) is 1.32. The van der Waals surface area contributed by atoms with E-state index in [1.807, 2.05) is 6.26 Å². The number of nitrogens with two attached hydrogens (primary N) is 1. The Hall–Kier alpha value is -0.260. The SMILES string of the molecule is CSCC[C@@H](N)C(=O)NC1(CO)CCCC(C)C1. The van der Waals surface area contributed by atoms with Gasteiger partial charge >= 0.3 is 0 Å². The highest BCUT2D eigenvalue weighted by Crippen LogP contribution is 2.32. The monoisotopic (exact) mass is 274 g/mol. The van der Waals surface area contributed by atoms with E-state index < -0.39 is 11.6 Å². The zero-order valence-electron chi connectivity index (χ0n) is 11.4. The predicted octanol–water partition coefficient (Wildman–Crippen LogP) is 1.12. The molecule has 1 rings (SSSR count). The van der Waals surface area contributed by atoms with Gasteiger partial charge in [-0.1, -0.05) is 19.8 Å². The Morgan fingerprint density at radius 3 is 2.94 bits per heavy atom. The standard InChI is InChI=1S/C13H26N2O2S/c1-10-4-3-6-13(8-10,9-16)15-12(17)11(14)5-7-18-2/h10-11,16H,3-9,14H2,1-2H3,(H,15,17)/t10?,11-,13?/m1/s1. The minimum Gasteiger partial charge on any atom is -0.394 e. The molecule has 1 saturated carbocycles. The molecule has 1 amide bonds. The van der Waals surface area contributed by atoms with Gasteiger partial charge in [-0.05, 0) is 37.2 Å². The lowest BCUT2D eigenvalue weighted by Gasteiger charge is -2.40. The van der Waals surface area contributed by atoms with Gasteiger partial charge in [0.05, 0.1) is 18.2 Å². The van der Waals surface area contributed by atoms with Gasteiger partial charge < -0.3 is 16.2 Å². The first-order chi connectivity index (χ1) is 8.53. The molecule has 0 bridgehead atoms. The smallest absolute Gasteiger partial charge is 0.237 e. The molecule has 1 fully saturated rings. The summed E-state index contributed by atoms with van der Waals surface area (Å²) in [5, 5.41) is 12.6. The molecule has 0 saturated heterocycles. The Labute approximate surface area is 114 Å². The third kappa shape index (κ3) is 4.44. The number of aliphatic hydroxyl groups excluding tert-OH is 1. The summed E-state index contributed by atoms with van der Waals surface area (Å²) in [5.41, 5.74) is 5.42. The fraction of sp³-hybridized carbons (Fsp3) is 0.923. The zero-order valence-corrected chi connectivity index (χ0v) is 12.3. The molecule has 0 aliphatic heterocycles. The van der Waals surface area contributed by atoms with Crippen molar-refractivity contribution in [3.05, 3.63) is 0 Å². The fourth-order valence-electron chi connectivity index (χ4n) is 2.69. The van der Waals surface area contributed by atoms with E-state index in [-0.39, 0.29) is 12.5 Å². The Morgan fingerprint density at radius 2 is 2.39 bits per heavy atom. The van der Waals surface area contributed by atoms with Crippen molar-refractivity contribution in [1.29, 1.82) is 0 Å². The molecular formula is C13H26N2O2S. The molecule has 0 aromatic heterocycles. The van der Waals surface area contributed by atoms with Crippen molar-refractivity contribution >= 4 is 17.7 Å². The van der Waals surface area contributed by atoms with E-state index >= 15 is 0 Å². The number of nitrogens with one attached hydrogen (secondary N) is 1. The molecule has 0 heterocycles. The Morgan fingerprint density at radius 1 is 1.67 bits per heavy atom. The molecule has 4 N–H and O–H groups in total. The van der Waals surface area contributed by atoms with Crippen molar-refractivity contribution in [2.45, 2.75) is 50.6 Å². The molecular weight excluding hydrogens is 248 g/mol. The Bertz CT molecular complexity index is 276. The summed E-state index contributed by atoms with van der Waals surface area (Å²) in [6.45, 7) is 2.18. The van der Waals surface area contributed by atoms with Gasteiger partial charge in [0.1, 0.15) is 0 Å². The number of carbonyl (C=O) groups excluding carboxylic acids is 1.